The summed E-state index contributed by atoms with van der Waals surface area (Å²) in [5.41, 5.74) is -1.73. The summed E-state index contributed by atoms with van der Waals surface area (Å²) >= 11 is 0. The quantitative estimate of drug-likeness (QED) is 0.612. The van der Waals surface area contributed by atoms with Crippen molar-refractivity contribution in [2.45, 2.75) is 64.2 Å². The molecule has 4 aliphatic rings. The maximum Gasteiger partial charge on any atom is 0.409 e. The highest BCUT2D eigenvalue weighted by molar-refractivity contribution is 5.71. The number of hydrogen-bond donors (Lipinski definition) is 1. The van der Waals surface area contributed by atoms with Gasteiger partial charge < -0.3 is 29.0 Å². The van der Waals surface area contributed by atoms with Crippen LogP contribution in [0.3, 0.4) is 0 Å². The van der Waals surface area contributed by atoms with Crippen LogP contribution in [0.5, 0.6) is 11.5 Å². The van der Waals surface area contributed by atoms with Crippen LogP contribution in [0.2, 0.25) is 0 Å². The van der Waals surface area contributed by atoms with E-state index in [0.29, 0.717) is 26.0 Å². The van der Waals surface area contributed by atoms with Crippen molar-refractivity contribution in [3.63, 3.8) is 0 Å². The standard InChI is InChI=1S/C27H37NO7/c1-16(14-34-20-8-6-19(32-4)7-9-20)18-12-21-25(3)22(13-18)28(24(31)33-5)15-26(25)23(30)10-11-27(21,26)35-17(2)29/h6-9,16,18,21-23,30H,10-15H2,1-5H3/t16-,18-,21+,22-,23-,25+,26+,27+/m1/s1. The average molecular weight is 488 g/mol. The van der Waals surface area contributed by atoms with E-state index in [1.807, 2.05) is 24.3 Å². The van der Waals surface area contributed by atoms with Gasteiger partial charge in [0.25, 0.3) is 0 Å². The van der Waals surface area contributed by atoms with Crippen LogP contribution >= 0.6 is 0 Å². The normalized spacial score (nSPS) is 39.7. The van der Waals surface area contributed by atoms with E-state index in [4.69, 9.17) is 18.9 Å². The molecular weight excluding hydrogens is 450 g/mol. The number of carbonyl (C=O) groups is 2. The van der Waals surface area contributed by atoms with Crippen molar-refractivity contribution in [3.05, 3.63) is 24.3 Å². The van der Waals surface area contributed by atoms with Gasteiger partial charge in [-0.25, -0.2) is 4.79 Å². The molecule has 3 saturated carbocycles. The smallest absolute Gasteiger partial charge is 0.409 e. The van der Waals surface area contributed by atoms with Crippen LogP contribution in [-0.4, -0.2) is 67.2 Å². The van der Waals surface area contributed by atoms with Crippen molar-refractivity contribution in [1.29, 1.82) is 0 Å². The molecule has 1 amide bonds. The zero-order valence-electron chi connectivity index (χ0n) is 21.3. The van der Waals surface area contributed by atoms with E-state index in [9.17, 15) is 14.7 Å². The minimum atomic E-state index is -0.747. The molecule has 3 aliphatic carbocycles. The lowest BCUT2D eigenvalue weighted by atomic mass is 9.33. The number of benzene rings is 1. The maximum atomic E-state index is 12.9. The number of esters is 1. The van der Waals surface area contributed by atoms with Crippen LogP contribution in [-0.2, 0) is 14.3 Å². The minimum Gasteiger partial charge on any atom is -0.497 e. The summed E-state index contributed by atoms with van der Waals surface area (Å²) in [5.74, 6) is 1.80. The SMILES string of the molecule is COC(=O)N1C[C@@]23[C@H](O)CC[C@]2(OC(C)=O)[C@H]2C[C@@H]([C@H](C)COc4ccc(OC)cc4)C[C@@H]1[C@]23C. The molecule has 5 rings (SSSR count). The molecule has 1 spiro atoms. The Morgan fingerprint density at radius 2 is 1.86 bits per heavy atom. The number of carbonyl (C=O) groups excluding carboxylic acids is 2. The Hall–Kier alpha value is -2.48. The fraction of sp³-hybridized carbons (Fsp3) is 0.704. The lowest BCUT2D eigenvalue weighted by Crippen LogP contribution is -2.79. The van der Waals surface area contributed by atoms with Gasteiger partial charge in [-0.15, -0.1) is 0 Å². The minimum absolute atomic E-state index is 0.0675. The van der Waals surface area contributed by atoms with Gasteiger partial charge in [-0.2, -0.15) is 0 Å². The Morgan fingerprint density at radius 3 is 2.49 bits per heavy atom. The Kier molecular flexibility index (Phi) is 5.74. The third-order valence-corrected chi connectivity index (χ3v) is 10.0. The molecule has 1 aliphatic heterocycles. The molecule has 35 heavy (non-hydrogen) atoms. The second kappa shape index (κ2) is 8.29. The van der Waals surface area contributed by atoms with E-state index in [1.54, 1.807) is 12.0 Å². The van der Waals surface area contributed by atoms with Crippen molar-refractivity contribution in [3.8, 4) is 11.5 Å². The first-order valence-corrected chi connectivity index (χ1v) is 12.6. The lowest BCUT2D eigenvalue weighted by molar-refractivity contribution is -0.321. The van der Waals surface area contributed by atoms with E-state index >= 15 is 0 Å². The number of rotatable bonds is 6. The summed E-state index contributed by atoms with van der Waals surface area (Å²) in [7, 11) is 3.03. The van der Waals surface area contributed by atoms with Gasteiger partial charge in [0.2, 0.25) is 0 Å². The van der Waals surface area contributed by atoms with Gasteiger partial charge in [0.15, 0.2) is 0 Å². The predicted octanol–water partition coefficient (Wildman–Crippen LogP) is 3.65. The zero-order chi connectivity index (χ0) is 25.2. The summed E-state index contributed by atoms with van der Waals surface area (Å²) in [6.07, 6.45) is 1.88. The molecule has 0 unspecified atom stereocenters. The van der Waals surface area contributed by atoms with Crippen LogP contribution in [0.25, 0.3) is 0 Å². The van der Waals surface area contributed by atoms with Crippen LogP contribution in [0.4, 0.5) is 4.79 Å². The van der Waals surface area contributed by atoms with Crippen LogP contribution in [0.15, 0.2) is 24.3 Å². The molecule has 1 saturated heterocycles. The lowest BCUT2D eigenvalue weighted by Gasteiger charge is -2.72. The first-order valence-electron chi connectivity index (χ1n) is 12.6. The third kappa shape index (κ3) is 3.07. The molecule has 1 heterocycles. The molecule has 8 heteroatoms. The highest BCUT2D eigenvalue weighted by Crippen LogP contribution is 2.82. The van der Waals surface area contributed by atoms with E-state index in [1.165, 1.54) is 14.0 Å². The molecular formula is C27H37NO7. The van der Waals surface area contributed by atoms with E-state index < -0.39 is 17.1 Å². The monoisotopic (exact) mass is 487 g/mol. The molecule has 0 aromatic heterocycles. The molecule has 4 fully saturated rings. The summed E-state index contributed by atoms with van der Waals surface area (Å²) in [6, 6.07) is 7.46. The largest absolute Gasteiger partial charge is 0.497 e. The van der Waals surface area contributed by atoms with Crippen LogP contribution < -0.4 is 9.47 Å². The number of methoxy groups -OCH3 is 2. The van der Waals surface area contributed by atoms with Crippen molar-refractivity contribution in [2.75, 3.05) is 27.4 Å². The number of hydrogen-bond acceptors (Lipinski definition) is 7. The number of nitrogens with zero attached hydrogens (tertiary/aromatic N) is 1. The number of fused-ring (bicyclic) bond motifs is 1. The second-order valence-corrected chi connectivity index (χ2v) is 11.2. The Balaban J connectivity index is 1.43. The summed E-state index contributed by atoms with van der Waals surface area (Å²) in [6.45, 7) is 6.71. The van der Waals surface area contributed by atoms with Crippen molar-refractivity contribution >= 4 is 12.1 Å². The summed E-state index contributed by atoms with van der Waals surface area (Å²) in [4.78, 5) is 27.0. The van der Waals surface area contributed by atoms with Gasteiger partial charge in [0, 0.05) is 30.8 Å². The van der Waals surface area contributed by atoms with Gasteiger partial charge in [-0.05, 0) is 61.8 Å². The fourth-order valence-electron chi connectivity index (χ4n) is 8.53. The predicted molar refractivity (Wildman–Crippen MR) is 127 cm³/mol. The number of ether oxygens (including phenoxy) is 4. The van der Waals surface area contributed by atoms with Crippen LogP contribution in [0, 0.1) is 28.6 Å². The molecule has 1 aromatic rings. The van der Waals surface area contributed by atoms with Crippen molar-refractivity contribution in [1.82, 2.24) is 4.90 Å². The molecule has 192 valence electrons. The molecule has 8 atom stereocenters. The molecule has 1 aromatic carbocycles. The van der Waals surface area contributed by atoms with E-state index in [-0.39, 0.29) is 41.3 Å². The highest BCUT2D eigenvalue weighted by Gasteiger charge is 2.90. The van der Waals surface area contributed by atoms with E-state index in [2.05, 4.69) is 13.8 Å². The maximum absolute atomic E-state index is 12.9. The Bertz CT molecular complexity index is 998. The number of aliphatic hydroxyl groups is 1. The van der Waals surface area contributed by atoms with Crippen molar-refractivity contribution < 1.29 is 33.6 Å². The van der Waals surface area contributed by atoms with E-state index in [0.717, 1.165) is 24.3 Å². The molecule has 8 nitrogen and oxygen atoms in total. The molecule has 1 N–H and O–H groups in total. The first-order chi connectivity index (χ1) is 16.6. The van der Waals surface area contributed by atoms with Gasteiger partial charge >= 0.3 is 12.1 Å². The highest BCUT2D eigenvalue weighted by atomic mass is 16.6. The number of amides is 1. The third-order valence-electron chi connectivity index (χ3n) is 10.0. The Morgan fingerprint density at radius 1 is 1.17 bits per heavy atom. The topological polar surface area (TPSA) is 94.5 Å². The summed E-state index contributed by atoms with van der Waals surface area (Å²) < 4.78 is 22.6. The van der Waals surface area contributed by atoms with Gasteiger partial charge in [0.1, 0.15) is 17.1 Å². The fourth-order valence-corrected chi connectivity index (χ4v) is 8.53. The number of aliphatic hydroxyl groups excluding tert-OH is 1. The number of likely N-dealkylation sites (tertiary alicyclic amines) is 1. The molecule has 0 bridgehead atoms. The average Bonchev–Trinajstić information content (AvgIpc) is 3.27. The van der Waals surface area contributed by atoms with Crippen molar-refractivity contribution in [2.24, 2.45) is 28.6 Å². The summed E-state index contributed by atoms with van der Waals surface area (Å²) in [5, 5.41) is 11.3. The second-order valence-electron chi connectivity index (χ2n) is 11.2. The van der Waals surface area contributed by atoms with Crippen LogP contribution in [0.1, 0.15) is 46.5 Å². The Labute approximate surface area is 206 Å². The zero-order valence-corrected chi connectivity index (χ0v) is 21.3. The molecule has 0 radical (unpaired) electrons. The van der Waals surface area contributed by atoms with Gasteiger partial charge in [-0.1, -0.05) is 13.8 Å². The van der Waals surface area contributed by atoms with Gasteiger partial charge in [0.05, 0.1) is 32.3 Å². The van der Waals surface area contributed by atoms with Gasteiger partial charge in [-0.3, -0.25) is 4.79 Å². The first kappa shape index (κ1) is 24.2.